The number of rotatable bonds is 3. The first-order valence-corrected chi connectivity index (χ1v) is 2.65. The predicted molar refractivity (Wildman–Crippen MR) is 31.4 cm³/mol. The quantitative estimate of drug-likeness (QED) is 0.442. The van der Waals surface area contributed by atoms with Gasteiger partial charge in [-0.05, 0) is 6.92 Å². The van der Waals surface area contributed by atoms with E-state index in [4.69, 9.17) is 4.74 Å². The molecule has 0 radical (unpaired) electrons. The van der Waals surface area contributed by atoms with E-state index in [1.54, 1.807) is 7.11 Å². The van der Waals surface area contributed by atoms with Gasteiger partial charge in [0.1, 0.15) is 0 Å². The molecule has 2 nitrogen and oxygen atoms in total. The molecule has 0 fully saturated rings. The van der Waals surface area contributed by atoms with E-state index in [1.807, 2.05) is 6.92 Å². The van der Waals surface area contributed by atoms with Crippen molar-refractivity contribution in [2.45, 2.75) is 12.5 Å². The maximum Gasteiger partial charge on any atom is 0.203 e. The van der Waals surface area contributed by atoms with Crippen molar-refractivity contribution in [2.24, 2.45) is 0 Å². The Hall–Kier alpha value is 0.270. The molecule has 1 atom stereocenters. The highest BCUT2D eigenvalue weighted by atomic mass is 32.1. The number of thiol groups is 1. The van der Waals surface area contributed by atoms with Gasteiger partial charge < -0.3 is 9.47 Å². The van der Waals surface area contributed by atoms with Crippen LogP contribution in [0.5, 0.6) is 0 Å². The van der Waals surface area contributed by atoms with Gasteiger partial charge in [-0.2, -0.15) is 0 Å². The summed E-state index contributed by atoms with van der Waals surface area (Å²) < 4.78 is 9.47. The third-order valence-electron chi connectivity index (χ3n) is 0.511. The van der Waals surface area contributed by atoms with Crippen LogP contribution in [0.15, 0.2) is 0 Å². The topological polar surface area (TPSA) is 18.5 Å². The van der Waals surface area contributed by atoms with Crippen molar-refractivity contribution in [2.75, 3.05) is 13.7 Å². The maximum absolute atomic E-state index is 4.83. The Labute approximate surface area is 49.2 Å². The van der Waals surface area contributed by atoms with Gasteiger partial charge in [-0.1, -0.05) is 0 Å². The van der Waals surface area contributed by atoms with Gasteiger partial charge >= 0.3 is 0 Å². The Balaban J connectivity index is 2.83. The Morgan fingerprint density at radius 2 is 2.29 bits per heavy atom. The standard InChI is InChI=1S/C4H10O2S/c1-3-6-4(7)5-2/h4,7H,3H2,1-2H3. The van der Waals surface area contributed by atoms with Crippen LogP contribution >= 0.6 is 12.6 Å². The molecule has 1 unspecified atom stereocenters. The number of ether oxygens (including phenoxy) is 2. The summed E-state index contributed by atoms with van der Waals surface area (Å²) in [5.41, 5.74) is -0.356. The van der Waals surface area contributed by atoms with E-state index in [-0.39, 0.29) is 5.62 Å². The zero-order valence-electron chi connectivity index (χ0n) is 4.55. The highest BCUT2D eigenvalue weighted by Crippen LogP contribution is 1.94. The van der Waals surface area contributed by atoms with Crippen LogP contribution in [0.25, 0.3) is 0 Å². The molecule has 0 aromatic carbocycles. The van der Waals surface area contributed by atoms with Gasteiger partial charge in [0, 0.05) is 13.7 Å². The fourth-order valence-electron chi connectivity index (χ4n) is 0.211. The summed E-state index contributed by atoms with van der Waals surface area (Å²) in [6, 6.07) is 0. The summed E-state index contributed by atoms with van der Waals surface area (Å²) in [7, 11) is 1.55. The van der Waals surface area contributed by atoms with Crippen molar-refractivity contribution in [3.8, 4) is 0 Å². The molecule has 0 spiro atoms. The molecule has 0 aliphatic carbocycles. The van der Waals surface area contributed by atoms with Gasteiger partial charge in [0.25, 0.3) is 0 Å². The fraction of sp³-hybridized carbons (Fsp3) is 1.00. The van der Waals surface area contributed by atoms with Crippen molar-refractivity contribution in [3.63, 3.8) is 0 Å². The molecule has 0 aliphatic heterocycles. The molecular formula is C4H10O2S. The number of hydrogen-bond acceptors (Lipinski definition) is 3. The zero-order chi connectivity index (χ0) is 5.70. The van der Waals surface area contributed by atoms with Crippen molar-refractivity contribution in [1.29, 1.82) is 0 Å². The lowest BCUT2D eigenvalue weighted by molar-refractivity contribution is -0.0536. The molecule has 0 aromatic rings. The molecular weight excluding hydrogens is 112 g/mol. The van der Waals surface area contributed by atoms with Crippen molar-refractivity contribution in [3.05, 3.63) is 0 Å². The summed E-state index contributed by atoms with van der Waals surface area (Å²) in [4.78, 5) is 0. The van der Waals surface area contributed by atoms with Crippen LogP contribution in [0.1, 0.15) is 6.92 Å². The van der Waals surface area contributed by atoms with Gasteiger partial charge in [0.05, 0.1) is 0 Å². The van der Waals surface area contributed by atoms with E-state index < -0.39 is 0 Å². The molecule has 0 saturated heterocycles. The lowest BCUT2D eigenvalue weighted by Gasteiger charge is -2.05. The number of methoxy groups -OCH3 is 1. The van der Waals surface area contributed by atoms with Crippen molar-refractivity contribution in [1.82, 2.24) is 0 Å². The second-order valence-corrected chi connectivity index (χ2v) is 1.42. The van der Waals surface area contributed by atoms with Crippen molar-refractivity contribution >= 4 is 12.6 Å². The third kappa shape index (κ3) is 4.12. The minimum Gasteiger partial charge on any atom is -0.347 e. The molecule has 0 rings (SSSR count). The van der Waals surface area contributed by atoms with E-state index in [9.17, 15) is 0 Å². The first kappa shape index (κ1) is 7.27. The average molecular weight is 122 g/mol. The van der Waals surface area contributed by atoms with E-state index in [0.29, 0.717) is 6.61 Å². The average Bonchev–Trinajstić information content (AvgIpc) is 1.68. The lowest BCUT2D eigenvalue weighted by atomic mass is 10.9. The second-order valence-electron chi connectivity index (χ2n) is 0.998. The van der Waals surface area contributed by atoms with Crippen LogP contribution in [0.4, 0.5) is 0 Å². The molecule has 0 aromatic heterocycles. The Bertz CT molecular complexity index is 40.7. The van der Waals surface area contributed by atoms with Gasteiger partial charge in [0.15, 0.2) is 0 Å². The molecule has 44 valence electrons. The monoisotopic (exact) mass is 122 g/mol. The second kappa shape index (κ2) is 4.43. The van der Waals surface area contributed by atoms with Gasteiger partial charge in [0.2, 0.25) is 5.62 Å². The first-order chi connectivity index (χ1) is 3.31. The molecule has 3 heteroatoms. The highest BCUT2D eigenvalue weighted by molar-refractivity contribution is 7.80. The summed E-state index contributed by atoms with van der Waals surface area (Å²) in [6.07, 6.45) is 0. The zero-order valence-corrected chi connectivity index (χ0v) is 5.44. The minimum atomic E-state index is -0.356. The Morgan fingerprint density at radius 1 is 1.71 bits per heavy atom. The van der Waals surface area contributed by atoms with Crippen LogP contribution in [-0.2, 0) is 9.47 Å². The van der Waals surface area contributed by atoms with Crippen LogP contribution in [-0.4, -0.2) is 19.3 Å². The normalized spacial score (nSPS) is 14.1. The lowest BCUT2D eigenvalue weighted by Crippen LogP contribution is -2.05. The molecule has 7 heavy (non-hydrogen) atoms. The fourth-order valence-corrected chi connectivity index (χ4v) is 0.360. The Kier molecular flexibility index (Phi) is 4.60. The predicted octanol–water partition coefficient (Wildman–Crippen LogP) is 0.883. The molecule has 0 N–H and O–H groups in total. The van der Waals surface area contributed by atoms with E-state index in [0.717, 1.165) is 0 Å². The van der Waals surface area contributed by atoms with Crippen molar-refractivity contribution < 1.29 is 9.47 Å². The Morgan fingerprint density at radius 3 is 2.43 bits per heavy atom. The first-order valence-electron chi connectivity index (χ1n) is 2.13. The van der Waals surface area contributed by atoms with Crippen LogP contribution < -0.4 is 0 Å². The summed E-state index contributed by atoms with van der Waals surface area (Å²) in [5.74, 6) is 0. The molecule has 0 aliphatic rings. The summed E-state index contributed by atoms with van der Waals surface area (Å²) >= 11 is 3.87. The smallest absolute Gasteiger partial charge is 0.203 e. The van der Waals surface area contributed by atoms with Crippen LogP contribution in [0.2, 0.25) is 0 Å². The highest BCUT2D eigenvalue weighted by Gasteiger charge is 1.92. The summed E-state index contributed by atoms with van der Waals surface area (Å²) in [5, 5.41) is 0. The molecule has 0 heterocycles. The minimum absolute atomic E-state index is 0.356. The molecule has 0 bridgehead atoms. The maximum atomic E-state index is 4.83. The third-order valence-corrected chi connectivity index (χ3v) is 0.871. The van der Waals surface area contributed by atoms with Gasteiger partial charge in [-0.3, -0.25) is 0 Å². The van der Waals surface area contributed by atoms with E-state index in [2.05, 4.69) is 17.4 Å². The number of hydrogen-bond donors (Lipinski definition) is 1. The van der Waals surface area contributed by atoms with Crippen LogP contribution in [0, 0.1) is 0 Å². The van der Waals surface area contributed by atoms with Gasteiger partial charge in [-0.15, -0.1) is 12.6 Å². The van der Waals surface area contributed by atoms with Gasteiger partial charge in [-0.25, -0.2) is 0 Å². The molecule has 0 saturated carbocycles. The van der Waals surface area contributed by atoms with E-state index in [1.165, 1.54) is 0 Å². The van der Waals surface area contributed by atoms with Crippen LogP contribution in [0.3, 0.4) is 0 Å². The summed E-state index contributed by atoms with van der Waals surface area (Å²) in [6.45, 7) is 2.53. The van der Waals surface area contributed by atoms with E-state index >= 15 is 0 Å². The SMILES string of the molecule is CCOC(S)OC. The largest absolute Gasteiger partial charge is 0.347 e. The molecule has 0 amide bonds.